The molecule has 110 valence electrons. The number of ether oxygens (including phenoxy) is 1. The average molecular weight is 274 g/mol. The Bertz CT molecular complexity index is 466. The summed E-state index contributed by atoms with van der Waals surface area (Å²) in [4.78, 5) is 2.53. The first kappa shape index (κ1) is 13.9. The molecule has 2 heterocycles. The Morgan fingerprint density at radius 1 is 1.30 bits per heavy atom. The molecular formula is C17H26N2O. The van der Waals surface area contributed by atoms with Crippen molar-refractivity contribution >= 4 is 0 Å². The maximum atomic E-state index is 6.53. The van der Waals surface area contributed by atoms with Gasteiger partial charge >= 0.3 is 0 Å². The molecule has 0 amide bonds. The summed E-state index contributed by atoms with van der Waals surface area (Å²) < 4.78 is 5.94. The molecule has 1 saturated heterocycles. The number of rotatable bonds is 3. The second kappa shape index (κ2) is 5.74. The lowest BCUT2D eigenvalue weighted by atomic mass is 9.88. The average Bonchev–Trinajstić information content (AvgIpc) is 2.94. The van der Waals surface area contributed by atoms with E-state index < -0.39 is 0 Å². The Morgan fingerprint density at radius 2 is 2.05 bits per heavy atom. The van der Waals surface area contributed by atoms with Crippen molar-refractivity contribution in [3.63, 3.8) is 0 Å². The van der Waals surface area contributed by atoms with Gasteiger partial charge in [0.15, 0.2) is 0 Å². The number of nitrogens with two attached hydrogens (primary N) is 1. The maximum absolute atomic E-state index is 6.53. The maximum Gasteiger partial charge on any atom is 0.124 e. The summed E-state index contributed by atoms with van der Waals surface area (Å²) in [6.45, 7) is 8.72. The van der Waals surface area contributed by atoms with Crippen LogP contribution in [0.1, 0.15) is 49.8 Å². The van der Waals surface area contributed by atoms with Crippen LogP contribution in [0.2, 0.25) is 0 Å². The Labute approximate surface area is 122 Å². The van der Waals surface area contributed by atoms with Crippen LogP contribution in [0.5, 0.6) is 5.75 Å². The minimum Gasteiger partial charge on any atom is -0.493 e. The fraction of sp³-hybridized carbons (Fsp3) is 0.647. The van der Waals surface area contributed by atoms with Gasteiger partial charge in [0.25, 0.3) is 0 Å². The van der Waals surface area contributed by atoms with Crippen molar-refractivity contribution in [2.24, 2.45) is 11.7 Å². The van der Waals surface area contributed by atoms with E-state index in [2.05, 4.69) is 36.9 Å². The van der Waals surface area contributed by atoms with Crippen molar-refractivity contribution in [3.05, 3.63) is 29.3 Å². The summed E-state index contributed by atoms with van der Waals surface area (Å²) >= 11 is 0. The van der Waals surface area contributed by atoms with E-state index in [1.54, 1.807) is 0 Å². The second-order valence-corrected chi connectivity index (χ2v) is 6.56. The van der Waals surface area contributed by atoms with Gasteiger partial charge < -0.3 is 15.4 Å². The van der Waals surface area contributed by atoms with Crippen LogP contribution in [-0.2, 0) is 0 Å². The van der Waals surface area contributed by atoms with Gasteiger partial charge in [0.1, 0.15) is 5.75 Å². The second-order valence-electron chi connectivity index (χ2n) is 6.56. The molecule has 2 aliphatic rings. The van der Waals surface area contributed by atoms with Crippen molar-refractivity contribution in [2.75, 3.05) is 26.2 Å². The Hall–Kier alpha value is -1.06. The summed E-state index contributed by atoms with van der Waals surface area (Å²) in [5.41, 5.74) is 9.08. The SMILES string of the molecule is CC(C)c1ccc2c(c1)C(N)C(CN1CCCC1)CO2. The van der Waals surface area contributed by atoms with Crippen LogP contribution in [0.25, 0.3) is 0 Å². The Morgan fingerprint density at radius 3 is 2.75 bits per heavy atom. The van der Waals surface area contributed by atoms with Crippen LogP contribution in [0.3, 0.4) is 0 Å². The third-order valence-corrected chi connectivity index (χ3v) is 4.71. The largest absolute Gasteiger partial charge is 0.493 e. The van der Waals surface area contributed by atoms with Gasteiger partial charge in [-0.25, -0.2) is 0 Å². The smallest absolute Gasteiger partial charge is 0.124 e. The summed E-state index contributed by atoms with van der Waals surface area (Å²) in [5.74, 6) is 1.94. The lowest BCUT2D eigenvalue weighted by molar-refractivity contribution is 0.151. The van der Waals surface area contributed by atoms with Crippen LogP contribution >= 0.6 is 0 Å². The summed E-state index contributed by atoms with van der Waals surface area (Å²) in [5, 5.41) is 0. The van der Waals surface area contributed by atoms with E-state index in [-0.39, 0.29) is 6.04 Å². The van der Waals surface area contributed by atoms with Crippen LogP contribution in [-0.4, -0.2) is 31.1 Å². The molecule has 0 bridgehead atoms. The van der Waals surface area contributed by atoms with Crippen molar-refractivity contribution < 1.29 is 4.74 Å². The number of likely N-dealkylation sites (tertiary alicyclic amines) is 1. The summed E-state index contributed by atoms with van der Waals surface area (Å²) in [6, 6.07) is 6.62. The van der Waals surface area contributed by atoms with E-state index in [1.807, 2.05) is 0 Å². The lowest BCUT2D eigenvalue weighted by Crippen LogP contribution is -2.39. The van der Waals surface area contributed by atoms with Gasteiger partial charge in [-0.05, 0) is 43.5 Å². The van der Waals surface area contributed by atoms with Gasteiger partial charge in [-0.2, -0.15) is 0 Å². The van der Waals surface area contributed by atoms with Gasteiger partial charge in [0, 0.05) is 24.1 Å². The quantitative estimate of drug-likeness (QED) is 0.921. The molecule has 0 aromatic heterocycles. The van der Waals surface area contributed by atoms with Crippen molar-refractivity contribution in [1.29, 1.82) is 0 Å². The summed E-state index contributed by atoms with van der Waals surface area (Å²) in [6.07, 6.45) is 2.66. The van der Waals surface area contributed by atoms with Gasteiger partial charge in [-0.1, -0.05) is 26.0 Å². The standard InChI is InChI=1S/C17H26N2O/c1-12(2)13-5-6-16-15(9-13)17(18)14(11-20-16)10-19-7-3-4-8-19/h5-6,9,12,14,17H,3-4,7-8,10-11,18H2,1-2H3. The van der Waals surface area contributed by atoms with Gasteiger partial charge in [0.2, 0.25) is 0 Å². The van der Waals surface area contributed by atoms with Crippen molar-refractivity contribution in [3.8, 4) is 5.75 Å². The fourth-order valence-electron chi connectivity index (χ4n) is 3.34. The first-order valence-corrected chi connectivity index (χ1v) is 7.89. The molecule has 0 spiro atoms. The van der Waals surface area contributed by atoms with E-state index >= 15 is 0 Å². The molecule has 2 aliphatic heterocycles. The molecule has 1 aromatic rings. The van der Waals surface area contributed by atoms with Crippen LogP contribution in [0.4, 0.5) is 0 Å². The van der Waals surface area contributed by atoms with E-state index in [1.165, 1.54) is 37.1 Å². The number of hydrogen-bond donors (Lipinski definition) is 1. The van der Waals surface area contributed by atoms with E-state index in [9.17, 15) is 0 Å². The molecule has 2 N–H and O–H groups in total. The molecule has 3 rings (SSSR count). The van der Waals surface area contributed by atoms with Gasteiger partial charge in [-0.15, -0.1) is 0 Å². The minimum absolute atomic E-state index is 0.109. The zero-order valence-corrected chi connectivity index (χ0v) is 12.6. The molecule has 0 aliphatic carbocycles. The molecule has 20 heavy (non-hydrogen) atoms. The van der Waals surface area contributed by atoms with Crippen LogP contribution in [0, 0.1) is 5.92 Å². The first-order valence-electron chi connectivity index (χ1n) is 7.89. The molecule has 2 atom stereocenters. The predicted molar refractivity (Wildman–Crippen MR) is 82.1 cm³/mol. The van der Waals surface area contributed by atoms with Crippen LogP contribution < -0.4 is 10.5 Å². The highest BCUT2D eigenvalue weighted by molar-refractivity contribution is 5.42. The lowest BCUT2D eigenvalue weighted by Gasteiger charge is -2.34. The van der Waals surface area contributed by atoms with E-state index in [4.69, 9.17) is 10.5 Å². The first-order chi connectivity index (χ1) is 9.65. The number of nitrogens with zero attached hydrogens (tertiary/aromatic N) is 1. The molecule has 3 heteroatoms. The van der Waals surface area contributed by atoms with E-state index in [0.717, 1.165) is 18.9 Å². The third kappa shape index (κ3) is 2.70. The van der Waals surface area contributed by atoms with Crippen LogP contribution in [0.15, 0.2) is 18.2 Å². The van der Waals surface area contributed by atoms with Crippen molar-refractivity contribution in [2.45, 2.75) is 38.6 Å². The molecule has 2 unspecified atom stereocenters. The highest BCUT2D eigenvalue weighted by atomic mass is 16.5. The van der Waals surface area contributed by atoms with Crippen molar-refractivity contribution in [1.82, 2.24) is 4.90 Å². The Kier molecular flexibility index (Phi) is 3.99. The van der Waals surface area contributed by atoms with Gasteiger partial charge in [-0.3, -0.25) is 0 Å². The Balaban J connectivity index is 1.77. The molecule has 0 radical (unpaired) electrons. The fourth-order valence-corrected chi connectivity index (χ4v) is 3.34. The van der Waals surface area contributed by atoms with Gasteiger partial charge in [0.05, 0.1) is 6.61 Å². The highest BCUT2D eigenvalue weighted by Gasteiger charge is 2.30. The minimum atomic E-state index is 0.109. The molecule has 1 fully saturated rings. The zero-order chi connectivity index (χ0) is 14.1. The topological polar surface area (TPSA) is 38.5 Å². The highest BCUT2D eigenvalue weighted by Crippen LogP contribution is 2.36. The molecule has 0 saturated carbocycles. The number of benzene rings is 1. The monoisotopic (exact) mass is 274 g/mol. The number of hydrogen-bond acceptors (Lipinski definition) is 3. The van der Waals surface area contributed by atoms with E-state index in [0.29, 0.717) is 11.8 Å². The zero-order valence-electron chi connectivity index (χ0n) is 12.6. The molecular weight excluding hydrogens is 248 g/mol. The molecule has 1 aromatic carbocycles. The predicted octanol–water partition coefficient (Wildman–Crippen LogP) is 2.91. The third-order valence-electron chi connectivity index (χ3n) is 4.71. The normalized spacial score (nSPS) is 26.6. The number of fused-ring (bicyclic) bond motifs is 1. The summed E-state index contributed by atoms with van der Waals surface area (Å²) in [7, 11) is 0. The molecule has 3 nitrogen and oxygen atoms in total.